The molecule has 0 spiro atoms. The molecule has 1 rings (SSSR count). The van der Waals surface area contributed by atoms with Gasteiger partial charge in [-0.1, -0.05) is 32.6 Å². The number of benzene rings is 1. The third kappa shape index (κ3) is 6.52. The summed E-state index contributed by atoms with van der Waals surface area (Å²) < 4.78 is 5.41. The fraction of sp³-hybridized carbons (Fsp3) is 0.588. The van der Waals surface area contributed by atoms with E-state index in [0.717, 1.165) is 12.8 Å². The highest BCUT2D eigenvalue weighted by molar-refractivity contribution is 5.95. The van der Waals surface area contributed by atoms with Crippen molar-refractivity contribution in [3.8, 4) is 5.75 Å². The monoisotopic (exact) mass is 292 g/mol. The molecule has 0 saturated heterocycles. The van der Waals surface area contributed by atoms with Crippen molar-refractivity contribution < 1.29 is 9.53 Å². The first kappa shape index (κ1) is 17.3. The van der Waals surface area contributed by atoms with Crippen molar-refractivity contribution in [2.75, 3.05) is 12.3 Å². The molecule has 0 aliphatic rings. The normalized spacial score (nSPS) is 12.0. The Morgan fingerprint density at radius 2 is 2.00 bits per heavy atom. The number of hydrogen-bond donors (Lipinski definition) is 2. The quantitative estimate of drug-likeness (QED) is 0.538. The van der Waals surface area contributed by atoms with Crippen molar-refractivity contribution in [1.82, 2.24) is 5.32 Å². The van der Waals surface area contributed by atoms with Crippen LogP contribution in [0.15, 0.2) is 18.2 Å². The van der Waals surface area contributed by atoms with E-state index in [4.69, 9.17) is 10.5 Å². The number of nitrogen functional groups attached to an aromatic ring is 1. The molecule has 0 aliphatic carbocycles. The molecule has 0 aromatic heterocycles. The predicted octanol–water partition coefficient (Wildman–Crippen LogP) is 3.76. The maximum absolute atomic E-state index is 12.2. The molecule has 0 radical (unpaired) electrons. The van der Waals surface area contributed by atoms with Crippen LogP contribution in [0.25, 0.3) is 0 Å². The minimum Gasteiger partial charge on any atom is -0.494 e. The number of rotatable bonds is 9. The summed E-state index contributed by atoms with van der Waals surface area (Å²) in [5, 5.41) is 3.02. The summed E-state index contributed by atoms with van der Waals surface area (Å²) in [7, 11) is 0. The number of amides is 1. The first-order valence-electron chi connectivity index (χ1n) is 7.91. The first-order chi connectivity index (χ1) is 10.1. The third-order valence-electron chi connectivity index (χ3n) is 3.37. The Bertz CT molecular complexity index is 446. The highest BCUT2D eigenvalue weighted by Gasteiger charge is 2.11. The second kappa shape index (κ2) is 9.27. The molecule has 4 nitrogen and oxygen atoms in total. The van der Waals surface area contributed by atoms with Crippen molar-refractivity contribution >= 4 is 11.6 Å². The molecule has 0 saturated carbocycles. The summed E-state index contributed by atoms with van der Waals surface area (Å²) in [5.41, 5.74) is 6.91. The minimum atomic E-state index is -0.0914. The largest absolute Gasteiger partial charge is 0.494 e. The van der Waals surface area contributed by atoms with Crippen LogP contribution in [0.4, 0.5) is 5.69 Å². The molecule has 0 fully saturated rings. The summed E-state index contributed by atoms with van der Waals surface area (Å²) in [4.78, 5) is 12.2. The van der Waals surface area contributed by atoms with E-state index in [1.54, 1.807) is 18.2 Å². The zero-order valence-corrected chi connectivity index (χ0v) is 13.4. The molecule has 1 unspecified atom stereocenters. The van der Waals surface area contributed by atoms with Gasteiger partial charge in [0.15, 0.2) is 0 Å². The van der Waals surface area contributed by atoms with E-state index < -0.39 is 0 Å². The maximum atomic E-state index is 12.2. The molecule has 0 aliphatic heterocycles. The van der Waals surface area contributed by atoms with Crippen LogP contribution in [0.2, 0.25) is 0 Å². The number of carbonyl (C=O) groups is 1. The van der Waals surface area contributed by atoms with Gasteiger partial charge in [-0.05, 0) is 32.4 Å². The summed E-state index contributed by atoms with van der Waals surface area (Å²) >= 11 is 0. The Hall–Kier alpha value is -1.71. The average molecular weight is 292 g/mol. The van der Waals surface area contributed by atoms with Crippen LogP contribution in [-0.2, 0) is 0 Å². The molecular weight excluding hydrogens is 264 g/mol. The number of unbranched alkanes of at least 4 members (excludes halogenated alkanes) is 3. The van der Waals surface area contributed by atoms with Gasteiger partial charge in [-0.2, -0.15) is 0 Å². The topological polar surface area (TPSA) is 64.4 Å². The number of carbonyl (C=O) groups excluding carboxylic acids is 1. The van der Waals surface area contributed by atoms with Gasteiger partial charge in [-0.3, -0.25) is 4.79 Å². The van der Waals surface area contributed by atoms with Crippen LogP contribution in [0, 0.1) is 0 Å². The lowest BCUT2D eigenvalue weighted by Crippen LogP contribution is -2.32. The molecule has 1 aromatic rings. The molecule has 3 N–H and O–H groups in total. The molecule has 21 heavy (non-hydrogen) atoms. The van der Waals surface area contributed by atoms with Crippen LogP contribution in [-0.4, -0.2) is 18.6 Å². The zero-order valence-electron chi connectivity index (χ0n) is 13.4. The number of hydrogen-bond acceptors (Lipinski definition) is 3. The van der Waals surface area contributed by atoms with E-state index in [9.17, 15) is 4.79 Å². The molecule has 118 valence electrons. The van der Waals surface area contributed by atoms with Gasteiger partial charge in [0.05, 0.1) is 6.61 Å². The Morgan fingerprint density at radius 1 is 1.24 bits per heavy atom. The summed E-state index contributed by atoms with van der Waals surface area (Å²) in [6.07, 6.45) is 5.87. The first-order valence-corrected chi connectivity index (χ1v) is 7.91. The third-order valence-corrected chi connectivity index (χ3v) is 3.37. The summed E-state index contributed by atoms with van der Waals surface area (Å²) in [6.45, 7) is 6.69. The van der Waals surface area contributed by atoms with Crippen molar-refractivity contribution in [2.45, 2.75) is 58.9 Å². The Balaban J connectivity index is 2.54. The lowest BCUT2D eigenvalue weighted by molar-refractivity contribution is 0.0937. The summed E-state index contributed by atoms with van der Waals surface area (Å²) in [6, 6.07) is 5.32. The highest BCUT2D eigenvalue weighted by atomic mass is 16.5. The molecule has 1 aromatic carbocycles. The van der Waals surface area contributed by atoms with E-state index >= 15 is 0 Å². The van der Waals surface area contributed by atoms with E-state index in [2.05, 4.69) is 12.2 Å². The van der Waals surface area contributed by atoms with E-state index in [-0.39, 0.29) is 11.9 Å². The van der Waals surface area contributed by atoms with Gasteiger partial charge in [-0.25, -0.2) is 0 Å². The van der Waals surface area contributed by atoms with E-state index in [0.29, 0.717) is 23.6 Å². The Morgan fingerprint density at radius 3 is 2.67 bits per heavy atom. The number of nitrogens with two attached hydrogens (primary N) is 1. The lowest BCUT2D eigenvalue weighted by atomic mass is 10.1. The predicted molar refractivity (Wildman–Crippen MR) is 87.7 cm³/mol. The van der Waals surface area contributed by atoms with Crippen molar-refractivity contribution in [1.29, 1.82) is 0 Å². The molecule has 1 amide bonds. The van der Waals surface area contributed by atoms with Crippen LogP contribution < -0.4 is 15.8 Å². The van der Waals surface area contributed by atoms with Crippen LogP contribution in [0.3, 0.4) is 0 Å². The van der Waals surface area contributed by atoms with Gasteiger partial charge in [-0.15, -0.1) is 0 Å². The zero-order chi connectivity index (χ0) is 15.7. The van der Waals surface area contributed by atoms with Gasteiger partial charge in [0.2, 0.25) is 0 Å². The SMILES string of the molecule is CCCCCCC(C)NC(=O)c1cc(N)cc(OCC)c1. The van der Waals surface area contributed by atoms with Crippen molar-refractivity contribution in [3.63, 3.8) is 0 Å². The highest BCUT2D eigenvalue weighted by Crippen LogP contribution is 2.19. The van der Waals surface area contributed by atoms with E-state index in [1.165, 1.54) is 19.3 Å². The fourth-order valence-corrected chi connectivity index (χ4v) is 2.26. The van der Waals surface area contributed by atoms with Gasteiger partial charge in [0.1, 0.15) is 5.75 Å². The lowest BCUT2D eigenvalue weighted by Gasteiger charge is -2.14. The molecule has 1 atom stereocenters. The molecule has 0 bridgehead atoms. The van der Waals surface area contributed by atoms with Crippen LogP contribution in [0.5, 0.6) is 5.75 Å². The van der Waals surface area contributed by atoms with Gasteiger partial charge in [0.25, 0.3) is 5.91 Å². The number of ether oxygens (including phenoxy) is 1. The molecular formula is C17H28N2O2. The van der Waals surface area contributed by atoms with Gasteiger partial charge in [0, 0.05) is 23.4 Å². The van der Waals surface area contributed by atoms with Crippen molar-refractivity contribution in [2.24, 2.45) is 0 Å². The number of nitrogens with one attached hydrogen (secondary N) is 1. The van der Waals surface area contributed by atoms with Gasteiger partial charge >= 0.3 is 0 Å². The van der Waals surface area contributed by atoms with E-state index in [1.807, 2.05) is 13.8 Å². The standard InChI is InChI=1S/C17H28N2O2/c1-4-6-7-8-9-13(3)19-17(20)14-10-15(18)12-16(11-14)21-5-2/h10-13H,4-9,18H2,1-3H3,(H,19,20). The molecule has 0 heterocycles. The minimum absolute atomic E-state index is 0.0914. The second-order valence-corrected chi connectivity index (χ2v) is 5.45. The smallest absolute Gasteiger partial charge is 0.251 e. The maximum Gasteiger partial charge on any atom is 0.251 e. The fourth-order valence-electron chi connectivity index (χ4n) is 2.26. The Kier molecular flexibility index (Phi) is 7.65. The van der Waals surface area contributed by atoms with Crippen LogP contribution in [0.1, 0.15) is 63.2 Å². The number of anilines is 1. The van der Waals surface area contributed by atoms with Crippen LogP contribution >= 0.6 is 0 Å². The average Bonchev–Trinajstić information content (AvgIpc) is 2.43. The summed E-state index contributed by atoms with van der Waals surface area (Å²) in [5.74, 6) is 0.546. The molecule has 4 heteroatoms. The Labute approximate surface area is 128 Å². The second-order valence-electron chi connectivity index (χ2n) is 5.45. The van der Waals surface area contributed by atoms with Crippen molar-refractivity contribution in [3.05, 3.63) is 23.8 Å². The van der Waals surface area contributed by atoms with Gasteiger partial charge < -0.3 is 15.8 Å².